The molecule has 0 aliphatic heterocycles. The topological polar surface area (TPSA) is 42.1 Å². The molecule has 2 aromatic rings. The average Bonchev–Trinajstić information content (AvgIpc) is 2.75. The Balaban J connectivity index is 2.11. The fraction of sp³-hybridized carbons (Fsp3) is 0.250. The first kappa shape index (κ1) is 12.5. The zero-order valence-corrected chi connectivity index (χ0v) is 12.0. The Labute approximate surface area is 113 Å². The van der Waals surface area contributed by atoms with Gasteiger partial charge in [-0.2, -0.15) is 0 Å². The van der Waals surface area contributed by atoms with E-state index in [9.17, 15) is 0 Å². The van der Waals surface area contributed by atoms with E-state index in [1.54, 1.807) is 11.3 Å². The molecule has 0 bridgehead atoms. The molecule has 2 aromatic heterocycles. The summed E-state index contributed by atoms with van der Waals surface area (Å²) < 4.78 is 1.16. The molecular weight excluding hydrogens is 298 g/mol. The van der Waals surface area contributed by atoms with E-state index in [4.69, 9.17) is 5.73 Å². The van der Waals surface area contributed by atoms with Crippen molar-refractivity contribution in [3.05, 3.63) is 44.7 Å². The van der Waals surface area contributed by atoms with Gasteiger partial charge in [0.15, 0.2) is 0 Å². The molecule has 0 fully saturated rings. The standard InChI is InChI=1S/C12H14BrN3S/c1-16(7-9-5-11(13)17-8-9)12-4-2-3-10(6-14)15-12/h2-5,8H,6-7,14H2,1H3. The number of halogens is 1. The zero-order valence-electron chi connectivity index (χ0n) is 9.56. The van der Waals surface area contributed by atoms with Gasteiger partial charge in [0, 0.05) is 20.1 Å². The molecule has 0 unspecified atom stereocenters. The van der Waals surface area contributed by atoms with E-state index < -0.39 is 0 Å². The fourth-order valence-electron chi connectivity index (χ4n) is 1.58. The number of nitrogens with two attached hydrogens (primary N) is 1. The molecule has 0 aliphatic rings. The lowest BCUT2D eigenvalue weighted by atomic mass is 10.3. The molecule has 17 heavy (non-hydrogen) atoms. The molecule has 0 amide bonds. The van der Waals surface area contributed by atoms with Crippen LogP contribution in [0.5, 0.6) is 0 Å². The summed E-state index contributed by atoms with van der Waals surface area (Å²) in [5.74, 6) is 0.954. The SMILES string of the molecule is CN(Cc1csc(Br)c1)c1cccc(CN)n1. The van der Waals surface area contributed by atoms with Crippen molar-refractivity contribution in [2.45, 2.75) is 13.1 Å². The summed E-state index contributed by atoms with van der Waals surface area (Å²) in [4.78, 5) is 6.61. The first-order valence-corrected chi connectivity index (χ1v) is 6.96. The predicted molar refractivity (Wildman–Crippen MR) is 76.3 cm³/mol. The number of pyridine rings is 1. The number of thiophene rings is 1. The Morgan fingerprint density at radius 3 is 2.94 bits per heavy atom. The second kappa shape index (κ2) is 5.62. The second-order valence-electron chi connectivity index (χ2n) is 3.81. The van der Waals surface area contributed by atoms with Crippen LogP contribution in [0, 0.1) is 0 Å². The van der Waals surface area contributed by atoms with E-state index in [0.717, 1.165) is 21.8 Å². The van der Waals surface area contributed by atoms with Crippen molar-refractivity contribution in [2.75, 3.05) is 11.9 Å². The molecule has 0 saturated carbocycles. The lowest BCUT2D eigenvalue weighted by Gasteiger charge is -2.17. The van der Waals surface area contributed by atoms with Gasteiger partial charge in [0.1, 0.15) is 5.82 Å². The van der Waals surface area contributed by atoms with Crippen LogP contribution in [0.25, 0.3) is 0 Å². The van der Waals surface area contributed by atoms with Crippen molar-refractivity contribution < 1.29 is 0 Å². The van der Waals surface area contributed by atoms with E-state index in [1.807, 2.05) is 25.2 Å². The highest BCUT2D eigenvalue weighted by Crippen LogP contribution is 2.22. The first-order valence-electron chi connectivity index (χ1n) is 5.29. The van der Waals surface area contributed by atoms with Gasteiger partial charge < -0.3 is 10.6 Å². The van der Waals surface area contributed by atoms with Gasteiger partial charge in [-0.25, -0.2) is 4.98 Å². The highest BCUT2D eigenvalue weighted by molar-refractivity contribution is 9.11. The average molecular weight is 312 g/mol. The molecule has 2 heterocycles. The number of hydrogen-bond acceptors (Lipinski definition) is 4. The Kier molecular flexibility index (Phi) is 4.15. The maximum atomic E-state index is 5.59. The minimum absolute atomic E-state index is 0.478. The maximum Gasteiger partial charge on any atom is 0.128 e. The van der Waals surface area contributed by atoms with Gasteiger partial charge >= 0.3 is 0 Å². The predicted octanol–water partition coefficient (Wildman–Crippen LogP) is 3.00. The van der Waals surface area contributed by atoms with Gasteiger partial charge in [0.2, 0.25) is 0 Å². The van der Waals surface area contributed by atoms with Crippen molar-refractivity contribution in [3.63, 3.8) is 0 Å². The van der Waals surface area contributed by atoms with E-state index in [-0.39, 0.29) is 0 Å². The molecule has 0 spiro atoms. The maximum absolute atomic E-state index is 5.59. The van der Waals surface area contributed by atoms with Crippen molar-refractivity contribution in [2.24, 2.45) is 5.73 Å². The second-order valence-corrected chi connectivity index (χ2v) is 6.10. The lowest BCUT2D eigenvalue weighted by Crippen LogP contribution is -2.18. The monoisotopic (exact) mass is 311 g/mol. The van der Waals surface area contributed by atoms with Gasteiger partial charge in [-0.05, 0) is 45.1 Å². The third-order valence-electron chi connectivity index (χ3n) is 2.43. The summed E-state index contributed by atoms with van der Waals surface area (Å²) in [5, 5.41) is 2.15. The normalized spacial score (nSPS) is 10.5. The van der Waals surface area contributed by atoms with E-state index >= 15 is 0 Å². The van der Waals surface area contributed by atoms with E-state index in [0.29, 0.717) is 6.54 Å². The van der Waals surface area contributed by atoms with Crippen LogP contribution in [0.1, 0.15) is 11.3 Å². The molecule has 2 N–H and O–H groups in total. The van der Waals surface area contributed by atoms with Gasteiger partial charge in [-0.15, -0.1) is 11.3 Å². The summed E-state index contributed by atoms with van der Waals surface area (Å²) in [6, 6.07) is 8.07. The van der Waals surface area contributed by atoms with Crippen LogP contribution in [0.3, 0.4) is 0 Å². The fourth-order valence-corrected chi connectivity index (χ4v) is 2.78. The van der Waals surface area contributed by atoms with E-state index in [2.05, 4.69) is 37.3 Å². The Bertz CT molecular complexity index is 498. The van der Waals surface area contributed by atoms with Crippen LogP contribution in [0.4, 0.5) is 5.82 Å². The van der Waals surface area contributed by atoms with Crippen molar-refractivity contribution in [3.8, 4) is 0 Å². The number of anilines is 1. The molecule has 3 nitrogen and oxygen atoms in total. The molecular formula is C12H14BrN3S. The smallest absolute Gasteiger partial charge is 0.128 e. The quantitative estimate of drug-likeness (QED) is 0.944. The summed E-state index contributed by atoms with van der Waals surface area (Å²) in [6.45, 7) is 1.33. The summed E-state index contributed by atoms with van der Waals surface area (Å²) in [7, 11) is 2.04. The minimum atomic E-state index is 0.478. The number of rotatable bonds is 4. The minimum Gasteiger partial charge on any atom is -0.355 e. The summed E-state index contributed by atoms with van der Waals surface area (Å²) in [6.07, 6.45) is 0. The lowest BCUT2D eigenvalue weighted by molar-refractivity contribution is 0.881. The van der Waals surface area contributed by atoms with Gasteiger partial charge in [0.05, 0.1) is 9.48 Å². The molecule has 0 radical (unpaired) electrons. The van der Waals surface area contributed by atoms with Crippen molar-refractivity contribution >= 4 is 33.1 Å². The first-order chi connectivity index (χ1) is 8.19. The van der Waals surface area contributed by atoms with Gasteiger partial charge in [-0.1, -0.05) is 6.07 Å². The Hall–Kier alpha value is -0.910. The van der Waals surface area contributed by atoms with Crippen molar-refractivity contribution in [1.82, 2.24) is 4.98 Å². The summed E-state index contributed by atoms with van der Waals surface area (Å²) >= 11 is 5.17. The molecule has 0 saturated heterocycles. The highest BCUT2D eigenvalue weighted by atomic mass is 79.9. The molecule has 5 heteroatoms. The highest BCUT2D eigenvalue weighted by Gasteiger charge is 2.05. The number of nitrogens with zero attached hydrogens (tertiary/aromatic N) is 2. The summed E-state index contributed by atoms with van der Waals surface area (Å²) in [5.41, 5.74) is 7.79. The van der Waals surface area contributed by atoms with Crippen LogP contribution >= 0.6 is 27.3 Å². The van der Waals surface area contributed by atoms with Crippen molar-refractivity contribution in [1.29, 1.82) is 0 Å². The third-order valence-corrected chi connectivity index (χ3v) is 3.99. The third kappa shape index (κ3) is 3.28. The van der Waals surface area contributed by atoms with Gasteiger partial charge in [0.25, 0.3) is 0 Å². The molecule has 0 aliphatic carbocycles. The van der Waals surface area contributed by atoms with Crippen LogP contribution in [-0.2, 0) is 13.1 Å². The Morgan fingerprint density at radius 1 is 1.47 bits per heavy atom. The Morgan fingerprint density at radius 2 is 2.29 bits per heavy atom. The van der Waals surface area contributed by atoms with Crippen LogP contribution in [0.2, 0.25) is 0 Å². The van der Waals surface area contributed by atoms with Crippen LogP contribution < -0.4 is 10.6 Å². The van der Waals surface area contributed by atoms with Gasteiger partial charge in [-0.3, -0.25) is 0 Å². The zero-order chi connectivity index (χ0) is 12.3. The number of hydrogen-bond donors (Lipinski definition) is 1. The molecule has 0 atom stereocenters. The largest absolute Gasteiger partial charge is 0.355 e. The number of aromatic nitrogens is 1. The molecule has 90 valence electrons. The van der Waals surface area contributed by atoms with Crippen LogP contribution in [-0.4, -0.2) is 12.0 Å². The van der Waals surface area contributed by atoms with E-state index in [1.165, 1.54) is 5.56 Å². The molecule has 2 rings (SSSR count). The van der Waals surface area contributed by atoms with Crippen LogP contribution in [0.15, 0.2) is 33.4 Å². The molecule has 0 aromatic carbocycles.